The molecule has 1 fully saturated rings. The van der Waals surface area contributed by atoms with Crippen molar-refractivity contribution in [1.82, 2.24) is 10.3 Å². The molecule has 114 valence electrons. The fraction of sp³-hybridized carbons (Fsp3) is 0.438. The number of thiazole rings is 1. The molecule has 0 radical (unpaired) electrons. The maximum Gasteiger partial charge on any atom is 0.183 e. The lowest BCUT2D eigenvalue weighted by Gasteiger charge is -2.18. The van der Waals surface area contributed by atoms with Crippen molar-refractivity contribution in [2.24, 2.45) is 4.99 Å². The second-order valence-electron chi connectivity index (χ2n) is 5.40. The Balaban J connectivity index is 1.88. The quantitative estimate of drug-likeness (QED) is 0.373. The predicted molar refractivity (Wildman–Crippen MR) is 94.8 cm³/mol. The number of aromatic nitrogens is 1. The summed E-state index contributed by atoms with van der Waals surface area (Å²) >= 11 is 3.22. The SMILES string of the molecule is CSC(=Nc1ccc2nc(C3CCCCC3)sc2c1)NC#N. The number of hydrogen-bond donors (Lipinski definition) is 1. The van der Waals surface area contributed by atoms with Gasteiger partial charge in [0.15, 0.2) is 11.4 Å². The van der Waals surface area contributed by atoms with Crippen LogP contribution in [0.1, 0.15) is 43.0 Å². The molecule has 22 heavy (non-hydrogen) atoms. The summed E-state index contributed by atoms with van der Waals surface area (Å²) < 4.78 is 1.18. The number of benzene rings is 1. The maximum atomic E-state index is 8.70. The largest absolute Gasteiger partial charge is 0.271 e. The van der Waals surface area contributed by atoms with Gasteiger partial charge in [0.25, 0.3) is 0 Å². The average Bonchev–Trinajstić information content (AvgIpc) is 2.98. The minimum Gasteiger partial charge on any atom is -0.271 e. The van der Waals surface area contributed by atoms with Crippen molar-refractivity contribution in [3.63, 3.8) is 0 Å². The van der Waals surface area contributed by atoms with Gasteiger partial charge in [-0.25, -0.2) is 9.98 Å². The van der Waals surface area contributed by atoms with Gasteiger partial charge in [-0.1, -0.05) is 31.0 Å². The van der Waals surface area contributed by atoms with Gasteiger partial charge in [0.05, 0.1) is 20.9 Å². The highest BCUT2D eigenvalue weighted by molar-refractivity contribution is 8.13. The Hall–Kier alpha value is -1.58. The molecule has 1 aromatic carbocycles. The average molecular weight is 330 g/mol. The Bertz CT molecular complexity index is 723. The van der Waals surface area contributed by atoms with Crippen molar-refractivity contribution >= 4 is 44.2 Å². The van der Waals surface area contributed by atoms with E-state index in [4.69, 9.17) is 10.2 Å². The topological polar surface area (TPSA) is 61.1 Å². The first-order chi connectivity index (χ1) is 10.8. The number of aliphatic imine (C=N–C) groups is 1. The first kappa shape index (κ1) is 15.3. The zero-order valence-corrected chi connectivity index (χ0v) is 14.1. The number of nitrogens with zero attached hydrogens (tertiary/aromatic N) is 3. The van der Waals surface area contributed by atoms with Crippen LogP contribution in [0.15, 0.2) is 23.2 Å². The highest BCUT2D eigenvalue weighted by atomic mass is 32.2. The molecule has 0 saturated heterocycles. The number of hydrogen-bond acceptors (Lipinski definition) is 5. The molecule has 1 heterocycles. The lowest BCUT2D eigenvalue weighted by molar-refractivity contribution is 0.443. The predicted octanol–water partition coefficient (Wildman–Crippen LogP) is 4.77. The first-order valence-corrected chi connectivity index (χ1v) is 9.52. The summed E-state index contributed by atoms with van der Waals surface area (Å²) in [4.78, 5) is 9.27. The summed E-state index contributed by atoms with van der Waals surface area (Å²) in [6.07, 6.45) is 10.4. The molecular weight excluding hydrogens is 312 g/mol. The number of nitrogens with one attached hydrogen (secondary N) is 1. The van der Waals surface area contributed by atoms with Gasteiger partial charge in [-0.05, 0) is 37.3 Å². The molecule has 1 aliphatic rings. The Kier molecular flexibility index (Phi) is 4.96. The van der Waals surface area contributed by atoms with Crippen molar-refractivity contribution in [1.29, 1.82) is 5.26 Å². The van der Waals surface area contributed by atoms with Gasteiger partial charge < -0.3 is 0 Å². The van der Waals surface area contributed by atoms with E-state index < -0.39 is 0 Å². The van der Waals surface area contributed by atoms with Crippen LogP contribution in [0.25, 0.3) is 10.2 Å². The third-order valence-corrected chi connectivity index (χ3v) is 5.69. The maximum absolute atomic E-state index is 8.70. The second kappa shape index (κ2) is 7.12. The molecule has 0 bridgehead atoms. The molecule has 1 saturated carbocycles. The van der Waals surface area contributed by atoms with Gasteiger partial charge >= 0.3 is 0 Å². The molecule has 0 atom stereocenters. The number of fused-ring (bicyclic) bond motifs is 1. The van der Waals surface area contributed by atoms with Crippen LogP contribution in [-0.2, 0) is 0 Å². The summed E-state index contributed by atoms with van der Waals surface area (Å²) in [5.74, 6) is 0.639. The summed E-state index contributed by atoms with van der Waals surface area (Å²) in [5, 5.41) is 13.2. The lowest BCUT2D eigenvalue weighted by Crippen LogP contribution is -2.12. The van der Waals surface area contributed by atoms with E-state index in [1.807, 2.05) is 24.6 Å². The highest BCUT2D eigenvalue weighted by Gasteiger charge is 2.19. The molecule has 0 spiro atoms. The molecule has 0 amide bonds. The van der Waals surface area contributed by atoms with Crippen molar-refractivity contribution in [3.05, 3.63) is 23.2 Å². The van der Waals surface area contributed by atoms with Crippen molar-refractivity contribution < 1.29 is 0 Å². The molecule has 0 unspecified atom stereocenters. The molecular formula is C16H18N4S2. The number of nitriles is 1. The molecule has 4 nitrogen and oxygen atoms in total. The highest BCUT2D eigenvalue weighted by Crippen LogP contribution is 2.37. The van der Waals surface area contributed by atoms with Gasteiger partial charge in [-0.2, -0.15) is 5.26 Å². The summed E-state index contributed by atoms with van der Waals surface area (Å²) in [6.45, 7) is 0. The van der Waals surface area contributed by atoms with Gasteiger partial charge in [-0.3, -0.25) is 5.32 Å². The van der Waals surface area contributed by atoms with E-state index in [1.54, 1.807) is 11.3 Å². The van der Waals surface area contributed by atoms with Crippen molar-refractivity contribution in [2.45, 2.75) is 38.0 Å². The fourth-order valence-corrected chi connectivity index (χ4v) is 4.33. The van der Waals surface area contributed by atoms with Crippen LogP contribution in [0.5, 0.6) is 0 Å². The van der Waals surface area contributed by atoms with Crippen LogP contribution >= 0.6 is 23.1 Å². The second-order valence-corrected chi connectivity index (χ2v) is 7.25. The van der Waals surface area contributed by atoms with Crippen LogP contribution in [0, 0.1) is 11.5 Å². The summed E-state index contributed by atoms with van der Waals surface area (Å²) in [6, 6.07) is 6.05. The molecule has 2 aromatic rings. The zero-order valence-electron chi connectivity index (χ0n) is 12.5. The molecule has 1 N–H and O–H groups in total. The smallest absolute Gasteiger partial charge is 0.183 e. The van der Waals surface area contributed by atoms with Gasteiger partial charge in [0.1, 0.15) is 0 Å². The van der Waals surface area contributed by atoms with Gasteiger partial charge in [-0.15, -0.1) is 11.3 Å². The Labute approximate surface area is 138 Å². The molecule has 0 aliphatic heterocycles. The summed E-state index contributed by atoms with van der Waals surface area (Å²) in [5.41, 5.74) is 1.92. The lowest BCUT2D eigenvalue weighted by atomic mass is 9.90. The van der Waals surface area contributed by atoms with Crippen LogP contribution in [0.4, 0.5) is 5.69 Å². The fourth-order valence-electron chi connectivity index (χ4n) is 2.81. The molecule has 1 aliphatic carbocycles. The molecule has 6 heteroatoms. The minimum absolute atomic E-state index is 0.610. The normalized spacial score (nSPS) is 16.6. The molecule has 3 rings (SSSR count). The van der Waals surface area contributed by atoms with E-state index in [1.165, 1.54) is 53.6 Å². The van der Waals surface area contributed by atoms with Crippen LogP contribution in [0.3, 0.4) is 0 Å². The van der Waals surface area contributed by atoms with Crippen LogP contribution in [-0.4, -0.2) is 16.4 Å². The Morgan fingerprint density at radius 3 is 2.95 bits per heavy atom. The van der Waals surface area contributed by atoms with E-state index in [0.29, 0.717) is 11.1 Å². The van der Waals surface area contributed by atoms with Gasteiger partial charge in [0, 0.05) is 5.92 Å². The Morgan fingerprint density at radius 1 is 1.41 bits per heavy atom. The van der Waals surface area contributed by atoms with E-state index in [2.05, 4.69) is 16.4 Å². The molecule has 1 aromatic heterocycles. The van der Waals surface area contributed by atoms with E-state index in [-0.39, 0.29) is 0 Å². The van der Waals surface area contributed by atoms with Crippen molar-refractivity contribution in [2.75, 3.05) is 6.26 Å². The number of thioether (sulfide) groups is 1. The minimum atomic E-state index is 0.610. The van der Waals surface area contributed by atoms with Crippen LogP contribution < -0.4 is 5.32 Å². The zero-order chi connectivity index (χ0) is 15.4. The first-order valence-electron chi connectivity index (χ1n) is 7.48. The number of rotatable bonds is 2. The van der Waals surface area contributed by atoms with E-state index >= 15 is 0 Å². The van der Waals surface area contributed by atoms with Crippen LogP contribution in [0.2, 0.25) is 0 Å². The van der Waals surface area contributed by atoms with E-state index in [0.717, 1.165) is 11.2 Å². The monoisotopic (exact) mass is 330 g/mol. The third-order valence-electron chi connectivity index (χ3n) is 3.93. The summed E-state index contributed by atoms with van der Waals surface area (Å²) in [7, 11) is 0. The standard InChI is InChI=1S/C16H18N4S2/c1-21-16(18-10-17)19-12-7-8-13-14(9-12)22-15(20-13)11-5-3-2-4-6-11/h7-9,11H,2-6H2,1H3,(H,18,19). The number of amidine groups is 1. The van der Waals surface area contributed by atoms with E-state index in [9.17, 15) is 0 Å². The van der Waals surface area contributed by atoms with Crippen molar-refractivity contribution in [3.8, 4) is 6.19 Å². The Morgan fingerprint density at radius 2 is 2.23 bits per heavy atom. The third kappa shape index (κ3) is 3.42. The van der Waals surface area contributed by atoms with Gasteiger partial charge in [0.2, 0.25) is 0 Å².